The summed E-state index contributed by atoms with van der Waals surface area (Å²) in [6.07, 6.45) is 3.30. The van der Waals surface area contributed by atoms with E-state index in [-0.39, 0.29) is 5.97 Å². The fraction of sp³-hybridized carbons (Fsp3) is 0.500. The minimum Gasteiger partial charge on any atom is -0.478 e. The molecule has 1 aromatic carbocycles. The van der Waals surface area contributed by atoms with E-state index in [0.29, 0.717) is 18.6 Å². The third-order valence-corrected chi connectivity index (χ3v) is 4.12. The highest BCUT2D eigenvalue weighted by atomic mass is 32.2. The highest BCUT2D eigenvalue weighted by Gasteiger charge is 2.08. The molecular weight excluding hydrogens is 288 g/mol. The van der Waals surface area contributed by atoms with Crippen molar-refractivity contribution in [1.82, 2.24) is 0 Å². The molecule has 0 heterocycles. The first-order valence-corrected chi connectivity index (χ1v) is 8.15. The molecule has 0 aromatic heterocycles. The molecule has 116 valence electrons. The SMILES string of the molecule is CCOC(=O)CCCCCSc1ccc(C)c(C(=O)O)c1. The van der Waals surface area contributed by atoms with E-state index in [1.54, 1.807) is 24.8 Å². The van der Waals surface area contributed by atoms with E-state index in [9.17, 15) is 9.59 Å². The van der Waals surface area contributed by atoms with Crippen LogP contribution in [0.4, 0.5) is 0 Å². The molecule has 0 unspecified atom stereocenters. The lowest BCUT2D eigenvalue weighted by Crippen LogP contribution is -2.03. The topological polar surface area (TPSA) is 63.6 Å². The van der Waals surface area contributed by atoms with Gasteiger partial charge in [-0.3, -0.25) is 4.79 Å². The molecule has 0 spiro atoms. The van der Waals surface area contributed by atoms with Crippen molar-refractivity contribution in [2.75, 3.05) is 12.4 Å². The fourth-order valence-corrected chi connectivity index (χ4v) is 2.84. The third-order valence-electron chi connectivity index (χ3n) is 3.04. The Balaban J connectivity index is 2.26. The van der Waals surface area contributed by atoms with Gasteiger partial charge in [0.05, 0.1) is 12.2 Å². The van der Waals surface area contributed by atoms with Crippen molar-refractivity contribution in [3.63, 3.8) is 0 Å². The van der Waals surface area contributed by atoms with Gasteiger partial charge < -0.3 is 9.84 Å². The summed E-state index contributed by atoms with van der Waals surface area (Å²) in [5.74, 6) is -0.0931. The first-order chi connectivity index (χ1) is 10.0. The van der Waals surface area contributed by atoms with Crippen LogP contribution < -0.4 is 0 Å². The van der Waals surface area contributed by atoms with E-state index >= 15 is 0 Å². The lowest BCUT2D eigenvalue weighted by atomic mass is 10.1. The number of carbonyl (C=O) groups is 2. The molecule has 0 saturated heterocycles. The molecule has 0 aliphatic rings. The second-order valence-electron chi connectivity index (χ2n) is 4.75. The molecule has 5 heteroatoms. The molecular formula is C16H22O4S. The zero-order valence-electron chi connectivity index (χ0n) is 12.6. The average molecular weight is 310 g/mol. The maximum absolute atomic E-state index is 11.1. The van der Waals surface area contributed by atoms with Gasteiger partial charge in [0, 0.05) is 11.3 Å². The second kappa shape index (κ2) is 9.45. The summed E-state index contributed by atoms with van der Waals surface area (Å²) in [5.41, 5.74) is 1.14. The number of aryl methyl sites for hydroxylation is 1. The van der Waals surface area contributed by atoms with Gasteiger partial charge in [0.25, 0.3) is 0 Å². The predicted octanol–water partition coefficient (Wildman–Crippen LogP) is 3.91. The molecule has 21 heavy (non-hydrogen) atoms. The summed E-state index contributed by atoms with van der Waals surface area (Å²) in [7, 11) is 0. The van der Waals surface area contributed by atoms with E-state index in [4.69, 9.17) is 9.84 Å². The van der Waals surface area contributed by atoms with E-state index in [2.05, 4.69) is 0 Å². The van der Waals surface area contributed by atoms with Crippen LogP contribution in [0.1, 0.15) is 48.5 Å². The number of hydrogen-bond donors (Lipinski definition) is 1. The summed E-state index contributed by atoms with van der Waals surface area (Å²) in [5, 5.41) is 9.07. The van der Waals surface area contributed by atoms with Gasteiger partial charge in [0.2, 0.25) is 0 Å². The fourth-order valence-electron chi connectivity index (χ4n) is 1.89. The van der Waals surface area contributed by atoms with Crippen molar-refractivity contribution in [3.05, 3.63) is 29.3 Å². The van der Waals surface area contributed by atoms with E-state index in [1.807, 2.05) is 19.1 Å². The number of rotatable bonds is 9. The van der Waals surface area contributed by atoms with Crippen molar-refractivity contribution >= 4 is 23.7 Å². The quantitative estimate of drug-likeness (QED) is 0.425. The lowest BCUT2D eigenvalue weighted by Gasteiger charge is -2.05. The number of aromatic carboxylic acids is 1. The van der Waals surface area contributed by atoms with Crippen LogP contribution >= 0.6 is 11.8 Å². The van der Waals surface area contributed by atoms with Crippen molar-refractivity contribution in [2.24, 2.45) is 0 Å². The van der Waals surface area contributed by atoms with Crippen molar-refractivity contribution in [2.45, 2.75) is 44.4 Å². The van der Waals surface area contributed by atoms with Crippen LogP contribution in [0.25, 0.3) is 0 Å². The number of carboxylic acid groups (broad SMARTS) is 1. The number of carbonyl (C=O) groups excluding carboxylic acids is 1. The highest BCUT2D eigenvalue weighted by Crippen LogP contribution is 2.23. The Hall–Kier alpha value is -1.49. The van der Waals surface area contributed by atoms with Gasteiger partial charge in [-0.15, -0.1) is 11.8 Å². The van der Waals surface area contributed by atoms with Crippen LogP contribution in [-0.2, 0) is 9.53 Å². The molecule has 0 radical (unpaired) electrons. The molecule has 1 rings (SSSR count). The van der Waals surface area contributed by atoms with E-state index in [0.717, 1.165) is 35.5 Å². The smallest absolute Gasteiger partial charge is 0.335 e. The monoisotopic (exact) mass is 310 g/mol. The van der Waals surface area contributed by atoms with Gasteiger partial charge in [-0.05, 0) is 50.1 Å². The zero-order valence-corrected chi connectivity index (χ0v) is 13.4. The number of thioether (sulfide) groups is 1. The Morgan fingerprint density at radius 3 is 2.67 bits per heavy atom. The third kappa shape index (κ3) is 6.67. The Labute approximate surface area is 129 Å². The second-order valence-corrected chi connectivity index (χ2v) is 5.91. The summed E-state index contributed by atoms with van der Waals surface area (Å²) in [6.45, 7) is 4.04. The maximum Gasteiger partial charge on any atom is 0.335 e. The Bertz CT molecular complexity index is 485. The van der Waals surface area contributed by atoms with Crippen molar-refractivity contribution in [3.8, 4) is 0 Å². The molecule has 0 fully saturated rings. The predicted molar refractivity (Wildman–Crippen MR) is 84.0 cm³/mol. The van der Waals surface area contributed by atoms with Crippen LogP contribution in [0, 0.1) is 6.92 Å². The molecule has 0 amide bonds. The number of ether oxygens (including phenoxy) is 1. The molecule has 4 nitrogen and oxygen atoms in total. The summed E-state index contributed by atoms with van der Waals surface area (Å²) < 4.78 is 4.86. The average Bonchev–Trinajstić information content (AvgIpc) is 2.44. The van der Waals surface area contributed by atoms with Crippen molar-refractivity contribution in [1.29, 1.82) is 0 Å². The lowest BCUT2D eigenvalue weighted by molar-refractivity contribution is -0.143. The summed E-state index contributed by atoms with van der Waals surface area (Å²) >= 11 is 1.65. The minimum absolute atomic E-state index is 0.130. The highest BCUT2D eigenvalue weighted by molar-refractivity contribution is 7.99. The van der Waals surface area contributed by atoms with Crippen LogP contribution in [0.2, 0.25) is 0 Å². The first-order valence-electron chi connectivity index (χ1n) is 7.17. The van der Waals surface area contributed by atoms with E-state index < -0.39 is 5.97 Å². The Morgan fingerprint density at radius 2 is 2.00 bits per heavy atom. The number of hydrogen-bond acceptors (Lipinski definition) is 4. The number of unbranched alkanes of at least 4 members (excludes halogenated alkanes) is 2. The Morgan fingerprint density at radius 1 is 1.24 bits per heavy atom. The number of benzene rings is 1. The van der Waals surface area contributed by atoms with Gasteiger partial charge in [-0.1, -0.05) is 12.5 Å². The normalized spacial score (nSPS) is 10.4. The van der Waals surface area contributed by atoms with Gasteiger partial charge in [-0.25, -0.2) is 4.79 Å². The van der Waals surface area contributed by atoms with Gasteiger partial charge in [0.15, 0.2) is 0 Å². The molecule has 1 aromatic rings. The number of carboxylic acids is 1. The van der Waals surface area contributed by atoms with E-state index in [1.165, 1.54) is 0 Å². The maximum atomic E-state index is 11.1. The van der Waals surface area contributed by atoms with Gasteiger partial charge >= 0.3 is 11.9 Å². The standard InChI is InChI=1S/C16H22O4S/c1-3-20-15(17)7-5-4-6-10-21-13-9-8-12(2)14(11-13)16(18)19/h8-9,11H,3-7,10H2,1-2H3,(H,18,19). The molecule has 0 saturated carbocycles. The summed E-state index contributed by atoms with van der Waals surface area (Å²) in [4.78, 5) is 23.2. The van der Waals surface area contributed by atoms with Crippen molar-refractivity contribution < 1.29 is 19.4 Å². The molecule has 0 atom stereocenters. The number of esters is 1. The molecule has 0 aliphatic carbocycles. The van der Waals surface area contributed by atoms with Crippen LogP contribution in [-0.4, -0.2) is 29.4 Å². The Kier molecular flexibility index (Phi) is 7.90. The molecule has 0 aliphatic heterocycles. The summed E-state index contributed by atoms with van der Waals surface area (Å²) in [6, 6.07) is 5.51. The van der Waals surface area contributed by atoms with Crippen LogP contribution in [0.15, 0.2) is 23.1 Å². The molecule has 1 N–H and O–H groups in total. The largest absolute Gasteiger partial charge is 0.478 e. The molecule has 0 bridgehead atoms. The minimum atomic E-state index is -0.885. The van der Waals surface area contributed by atoms with Gasteiger partial charge in [0.1, 0.15) is 0 Å². The zero-order chi connectivity index (χ0) is 15.7. The van der Waals surface area contributed by atoms with Gasteiger partial charge in [-0.2, -0.15) is 0 Å². The van der Waals surface area contributed by atoms with Crippen LogP contribution in [0.5, 0.6) is 0 Å². The van der Waals surface area contributed by atoms with Crippen LogP contribution in [0.3, 0.4) is 0 Å². The first kappa shape index (κ1) is 17.6.